The zero-order chi connectivity index (χ0) is 24.0. The number of benzene rings is 2. The average molecular weight is 516 g/mol. The molecule has 1 heterocycles. The lowest BCUT2D eigenvalue weighted by Gasteiger charge is -2.11. The van der Waals surface area contributed by atoms with E-state index in [0.29, 0.717) is 26.9 Å². The summed E-state index contributed by atoms with van der Waals surface area (Å²) in [5.74, 6) is -0.580. The molecule has 0 saturated carbocycles. The number of esters is 1. The molecule has 170 valence electrons. The van der Waals surface area contributed by atoms with Gasteiger partial charge in [0, 0.05) is 22.2 Å². The van der Waals surface area contributed by atoms with Gasteiger partial charge in [-0.3, -0.25) is 14.9 Å². The summed E-state index contributed by atoms with van der Waals surface area (Å²) in [5, 5.41) is 14.8. The molecule has 1 N–H and O–H groups in total. The summed E-state index contributed by atoms with van der Waals surface area (Å²) in [6.45, 7) is 2.96. The van der Waals surface area contributed by atoms with Gasteiger partial charge in [0.2, 0.25) is 5.76 Å². The molecule has 0 aliphatic rings. The number of hydrogen-bond donors (Lipinski definition) is 1. The Balaban J connectivity index is 1.62. The number of furan rings is 1. The second-order valence-electron chi connectivity index (χ2n) is 6.80. The maximum atomic E-state index is 12.1. The molecule has 1 amide bonds. The fraction of sp³-hybridized carbons (Fsp3) is 0.136. The fourth-order valence-electron chi connectivity index (χ4n) is 2.86. The van der Waals surface area contributed by atoms with Gasteiger partial charge in [-0.2, -0.15) is 5.10 Å². The average Bonchev–Trinajstić information content (AvgIpc) is 3.30. The van der Waals surface area contributed by atoms with E-state index < -0.39 is 16.8 Å². The first kappa shape index (κ1) is 23.7. The van der Waals surface area contributed by atoms with Crippen LogP contribution in [-0.2, 0) is 4.79 Å². The van der Waals surface area contributed by atoms with Gasteiger partial charge in [0.15, 0.2) is 6.61 Å². The highest BCUT2D eigenvalue weighted by Gasteiger charge is 2.15. The van der Waals surface area contributed by atoms with Gasteiger partial charge in [0.1, 0.15) is 11.5 Å². The highest BCUT2D eigenvalue weighted by atomic mass is 79.9. The summed E-state index contributed by atoms with van der Waals surface area (Å²) in [5.41, 5.74) is 3.77. The molecule has 2 aromatic carbocycles. The Kier molecular flexibility index (Phi) is 7.57. The number of carbonyl (C=O) groups excluding carboxylic acids is 2. The van der Waals surface area contributed by atoms with Crippen molar-refractivity contribution in [1.29, 1.82) is 0 Å². The number of nitro benzene ring substituents is 1. The minimum absolute atomic E-state index is 0.0445. The normalized spacial score (nSPS) is 10.8. The Bertz CT molecular complexity index is 1200. The summed E-state index contributed by atoms with van der Waals surface area (Å²) in [6.07, 6.45) is 2.67. The molecule has 0 spiro atoms. The van der Waals surface area contributed by atoms with E-state index in [1.54, 1.807) is 38.1 Å². The molecular formula is C22H18BrN3O7. The molecule has 0 saturated heterocycles. The molecule has 3 rings (SSSR count). The van der Waals surface area contributed by atoms with Crippen LogP contribution in [-0.4, -0.2) is 29.6 Å². The Hall–Kier alpha value is -3.99. The summed E-state index contributed by atoms with van der Waals surface area (Å²) >= 11 is 3.33. The number of ether oxygens (including phenoxy) is 2. The summed E-state index contributed by atoms with van der Waals surface area (Å²) < 4.78 is 16.6. The lowest BCUT2D eigenvalue weighted by atomic mass is 10.1. The molecule has 33 heavy (non-hydrogen) atoms. The molecular weight excluding hydrogens is 498 g/mol. The van der Waals surface area contributed by atoms with Crippen molar-refractivity contribution in [3.8, 4) is 11.5 Å². The molecule has 0 fully saturated rings. The number of hydrazone groups is 1. The van der Waals surface area contributed by atoms with E-state index in [1.165, 1.54) is 30.7 Å². The van der Waals surface area contributed by atoms with Crippen LogP contribution in [0.5, 0.6) is 11.5 Å². The minimum Gasteiger partial charge on any atom is -0.483 e. The predicted molar refractivity (Wildman–Crippen MR) is 122 cm³/mol. The second kappa shape index (κ2) is 10.6. The van der Waals surface area contributed by atoms with Crippen LogP contribution in [0.25, 0.3) is 0 Å². The van der Waals surface area contributed by atoms with Gasteiger partial charge in [-0.05, 0) is 55.3 Å². The lowest BCUT2D eigenvalue weighted by molar-refractivity contribution is -0.385. The fourth-order valence-corrected chi connectivity index (χ4v) is 3.24. The monoisotopic (exact) mass is 515 g/mol. The van der Waals surface area contributed by atoms with E-state index in [4.69, 9.17) is 13.9 Å². The van der Waals surface area contributed by atoms with E-state index in [1.807, 2.05) is 0 Å². The summed E-state index contributed by atoms with van der Waals surface area (Å²) in [4.78, 5) is 34.7. The molecule has 0 aliphatic heterocycles. The number of non-ortho nitro benzene ring substituents is 1. The van der Waals surface area contributed by atoms with Crippen LogP contribution < -0.4 is 14.9 Å². The van der Waals surface area contributed by atoms with E-state index in [9.17, 15) is 19.7 Å². The molecule has 11 heteroatoms. The van der Waals surface area contributed by atoms with Crippen molar-refractivity contribution in [1.82, 2.24) is 5.43 Å². The molecule has 0 radical (unpaired) electrons. The first-order valence-corrected chi connectivity index (χ1v) is 10.3. The van der Waals surface area contributed by atoms with Crippen molar-refractivity contribution in [3.05, 3.63) is 85.8 Å². The predicted octanol–water partition coefficient (Wildman–Crippen LogP) is 4.32. The van der Waals surface area contributed by atoms with Gasteiger partial charge in [-0.15, -0.1) is 0 Å². The molecule has 0 unspecified atom stereocenters. The van der Waals surface area contributed by atoms with E-state index >= 15 is 0 Å². The Morgan fingerprint density at radius 3 is 2.58 bits per heavy atom. The van der Waals surface area contributed by atoms with Crippen LogP contribution >= 0.6 is 15.9 Å². The van der Waals surface area contributed by atoms with Crippen LogP contribution in [0.3, 0.4) is 0 Å². The van der Waals surface area contributed by atoms with Crippen LogP contribution in [0, 0.1) is 24.0 Å². The maximum absolute atomic E-state index is 12.1. The van der Waals surface area contributed by atoms with Gasteiger partial charge in [-0.25, -0.2) is 10.2 Å². The SMILES string of the molecule is Cc1cc([N+](=O)[O-])cc(C)c1OCC(=O)N/N=C\c1cc(Br)ccc1OC(=O)c1ccco1. The summed E-state index contributed by atoms with van der Waals surface area (Å²) in [6, 6.07) is 10.7. The maximum Gasteiger partial charge on any atom is 0.379 e. The number of amides is 1. The summed E-state index contributed by atoms with van der Waals surface area (Å²) in [7, 11) is 0. The van der Waals surface area contributed by atoms with Crippen LogP contribution in [0.15, 0.2) is 62.7 Å². The molecule has 0 atom stereocenters. The number of nitrogens with one attached hydrogen (secondary N) is 1. The third-order valence-corrected chi connectivity index (χ3v) is 4.79. The van der Waals surface area contributed by atoms with Crippen molar-refractivity contribution < 1.29 is 28.4 Å². The number of aryl methyl sites for hydroxylation is 2. The van der Waals surface area contributed by atoms with Gasteiger partial charge in [0.25, 0.3) is 11.6 Å². The number of hydrogen-bond acceptors (Lipinski definition) is 8. The Morgan fingerprint density at radius 2 is 1.94 bits per heavy atom. The smallest absolute Gasteiger partial charge is 0.379 e. The highest BCUT2D eigenvalue weighted by Crippen LogP contribution is 2.28. The van der Waals surface area contributed by atoms with Crippen LogP contribution in [0.1, 0.15) is 27.2 Å². The number of nitro groups is 1. The quantitative estimate of drug-likeness (QED) is 0.155. The number of nitrogens with zero attached hydrogens (tertiary/aromatic N) is 2. The van der Waals surface area contributed by atoms with Gasteiger partial charge < -0.3 is 13.9 Å². The second-order valence-corrected chi connectivity index (χ2v) is 7.71. The van der Waals surface area contributed by atoms with Gasteiger partial charge in [-0.1, -0.05) is 15.9 Å². The van der Waals surface area contributed by atoms with Crippen molar-refractivity contribution in [2.75, 3.05) is 6.61 Å². The minimum atomic E-state index is -0.678. The topological polar surface area (TPSA) is 133 Å². The molecule has 0 bridgehead atoms. The Labute approximate surface area is 196 Å². The van der Waals surface area contributed by atoms with Gasteiger partial charge in [0.05, 0.1) is 17.4 Å². The number of carbonyl (C=O) groups is 2. The standard InChI is InChI=1S/C22H18BrN3O7/c1-13-8-17(26(29)30)9-14(2)21(13)32-12-20(27)25-24-11-15-10-16(23)5-6-18(15)33-22(28)19-4-3-7-31-19/h3-11H,12H2,1-2H3,(H,25,27)/b24-11-. The highest BCUT2D eigenvalue weighted by molar-refractivity contribution is 9.10. The van der Waals surface area contributed by atoms with Crippen LogP contribution in [0.2, 0.25) is 0 Å². The third kappa shape index (κ3) is 6.26. The lowest BCUT2D eigenvalue weighted by Crippen LogP contribution is -2.25. The Morgan fingerprint density at radius 1 is 1.21 bits per heavy atom. The van der Waals surface area contributed by atoms with Crippen molar-refractivity contribution in [3.63, 3.8) is 0 Å². The first-order chi connectivity index (χ1) is 15.7. The molecule has 3 aromatic rings. The largest absolute Gasteiger partial charge is 0.483 e. The van der Waals surface area contributed by atoms with Crippen molar-refractivity contribution in [2.24, 2.45) is 5.10 Å². The molecule has 10 nitrogen and oxygen atoms in total. The zero-order valence-electron chi connectivity index (χ0n) is 17.5. The van der Waals surface area contributed by atoms with E-state index in [0.717, 1.165) is 0 Å². The first-order valence-electron chi connectivity index (χ1n) is 9.50. The molecule has 1 aromatic heterocycles. The van der Waals surface area contributed by atoms with E-state index in [2.05, 4.69) is 26.5 Å². The molecule has 0 aliphatic carbocycles. The van der Waals surface area contributed by atoms with Crippen molar-refractivity contribution in [2.45, 2.75) is 13.8 Å². The van der Waals surface area contributed by atoms with E-state index in [-0.39, 0.29) is 23.8 Å². The van der Waals surface area contributed by atoms with Crippen molar-refractivity contribution >= 4 is 39.7 Å². The zero-order valence-corrected chi connectivity index (χ0v) is 19.1. The third-order valence-electron chi connectivity index (χ3n) is 4.29. The number of rotatable bonds is 8. The van der Waals surface area contributed by atoms with Crippen LogP contribution in [0.4, 0.5) is 5.69 Å². The number of halogens is 1. The van der Waals surface area contributed by atoms with Gasteiger partial charge >= 0.3 is 5.97 Å².